The van der Waals surface area contributed by atoms with Crippen molar-refractivity contribution in [1.82, 2.24) is 9.80 Å². The molecule has 2 amide bonds. The van der Waals surface area contributed by atoms with Crippen molar-refractivity contribution in [3.05, 3.63) is 35.9 Å². The Labute approximate surface area is 119 Å². The fraction of sp³-hybridized carbons (Fsp3) is 0.467. The van der Waals surface area contributed by atoms with E-state index in [-0.39, 0.29) is 18.5 Å². The fourth-order valence-electron chi connectivity index (χ4n) is 1.98. The Morgan fingerprint density at radius 1 is 1.20 bits per heavy atom. The molecule has 0 atom stereocenters. The molecule has 5 heteroatoms. The van der Waals surface area contributed by atoms with Gasteiger partial charge in [-0.25, -0.2) is 4.79 Å². The number of urea groups is 1. The van der Waals surface area contributed by atoms with E-state index in [1.807, 2.05) is 44.2 Å². The fourth-order valence-corrected chi connectivity index (χ4v) is 1.98. The van der Waals surface area contributed by atoms with E-state index in [0.29, 0.717) is 13.1 Å². The highest BCUT2D eigenvalue weighted by Crippen LogP contribution is 2.07. The van der Waals surface area contributed by atoms with Crippen molar-refractivity contribution in [2.45, 2.75) is 20.4 Å². The third-order valence-corrected chi connectivity index (χ3v) is 2.77. The van der Waals surface area contributed by atoms with Crippen LogP contribution in [-0.2, 0) is 11.3 Å². The zero-order valence-electron chi connectivity index (χ0n) is 12.2. The number of hydrogen-bond acceptors (Lipinski definition) is 2. The summed E-state index contributed by atoms with van der Waals surface area (Å²) in [6, 6.07) is 9.36. The number of hydrogen-bond donors (Lipinski definition) is 1. The molecule has 0 bridgehead atoms. The van der Waals surface area contributed by atoms with Crippen molar-refractivity contribution in [3.63, 3.8) is 0 Å². The minimum Gasteiger partial charge on any atom is -0.480 e. The molecule has 1 aromatic carbocycles. The monoisotopic (exact) mass is 278 g/mol. The number of benzene rings is 1. The van der Waals surface area contributed by atoms with Crippen LogP contribution in [0.4, 0.5) is 4.79 Å². The summed E-state index contributed by atoms with van der Waals surface area (Å²) in [5.74, 6) is -0.768. The van der Waals surface area contributed by atoms with Gasteiger partial charge >= 0.3 is 12.0 Å². The van der Waals surface area contributed by atoms with Gasteiger partial charge in [0, 0.05) is 20.1 Å². The Balaban J connectivity index is 2.69. The van der Waals surface area contributed by atoms with Crippen LogP contribution < -0.4 is 0 Å². The number of aliphatic carboxylic acids is 1. The first-order chi connectivity index (χ1) is 9.40. The van der Waals surface area contributed by atoms with Crippen LogP contribution in [0.2, 0.25) is 0 Å². The van der Waals surface area contributed by atoms with Crippen LogP contribution in [0.25, 0.3) is 0 Å². The molecule has 1 rings (SSSR count). The first-order valence-corrected chi connectivity index (χ1v) is 6.66. The van der Waals surface area contributed by atoms with Crippen LogP contribution in [0.15, 0.2) is 30.3 Å². The predicted octanol–water partition coefficient (Wildman–Crippen LogP) is 2.28. The molecule has 1 N–H and O–H groups in total. The van der Waals surface area contributed by atoms with E-state index in [4.69, 9.17) is 5.11 Å². The van der Waals surface area contributed by atoms with Gasteiger partial charge in [0.15, 0.2) is 0 Å². The van der Waals surface area contributed by atoms with Crippen LogP contribution in [0.3, 0.4) is 0 Å². The molecule has 20 heavy (non-hydrogen) atoms. The first kappa shape index (κ1) is 16.0. The Morgan fingerprint density at radius 3 is 2.30 bits per heavy atom. The van der Waals surface area contributed by atoms with E-state index in [1.54, 1.807) is 11.9 Å². The van der Waals surface area contributed by atoms with Gasteiger partial charge in [0.1, 0.15) is 6.54 Å². The lowest BCUT2D eigenvalue weighted by molar-refractivity contribution is -0.137. The third kappa shape index (κ3) is 5.30. The minimum absolute atomic E-state index is 0.225. The predicted molar refractivity (Wildman–Crippen MR) is 77.4 cm³/mol. The van der Waals surface area contributed by atoms with Crippen LogP contribution >= 0.6 is 0 Å². The highest BCUT2D eigenvalue weighted by Gasteiger charge is 2.21. The zero-order valence-corrected chi connectivity index (χ0v) is 12.2. The lowest BCUT2D eigenvalue weighted by Gasteiger charge is -2.28. The van der Waals surface area contributed by atoms with E-state index >= 15 is 0 Å². The van der Waals surface area contributed by atoms with Crippen LogP contribution in [-0.4, -0.2) is 47.0 Å². The van der Waals surface area contributed by atoms with Gasteiger partial charge < -0.3 is 14.9 Å². The molecule has 0 aliphatic heterocycles. The second-order valence-electron chi connectivity index (χ2n) is 5.29. The molecule has 0 saturated carbocycles. The Kier molecular flexibility index (Phi) is 6.03. The second kappa shape index (κ2) is 7.53. The molecule has 0 radical (unpaired) electrons. The van der Waals surface area contributed by atoms with Crippen molar-refractivity contribution in [3.8, 4) is 0 Å². The molecular weight excluding hydrogens is 256 g/mol. The summed E-state index contributed by atoms with van der Waals surface area (Å²) in [6.07, 6.45) is 0. The van der Waals surface area contributed by atoms with Gasteiger partial charge in [0.25, 0.3) is 0 Å². The smallest absolute Gasteiger partial charge is 0.323 e. The summed E-state index contributed by atoms with van der Waals surface area (Å²) in [5, 5.41) is 8.90. The molecule has 0 aliphatic carbocycles. The molecular formula is C15H22N2O3. The summed E-state index contributed by atoms with van der Waals surface area (Å²) >= 11 is 0. The van der Waals surface area contributed by atoms with Crippen LogP contribution in [0.5, 0.6) is 0 Å². The maximum atomic E-state index is 12.3. The van der Waals surface area contributed by atoms with E-state index in [0.717, 1.165) is 5.56 Å². The molecule has 0 saturated heterocycles. The van der Waals surface area contributed by atoms with E-state index in [2.05, 4.69) is 0 Å². The largest absolute Gasteiger partial charge is 0.480 e. The second-order valence-corrected chi connectivity index (χ2v) is 5.29. The minimum atomic E-state index is -0.993. The maximum Gasteiger partial charge on any atom is 0.323 e. The number of carbonyl (C=O) groups excluding carboxylic acids is 1. The van der Waals surface area contributed by atoms with Gasteiger partial charge in [0.2, 0.25) is 0 Å². The van der Waals surface area contributed by atoms with Gasteiger partial charge in [-0.3, -0.25) is 4.79 Å². The number of rotatable bonds is 6. The van der Waals surface area contributed by atoms with Crippen molar-refractivity contribution >= 4 is 12.0 Å². The maximum absolute atomic E-state index is 12.3. The molecule has 0 heterocycles. The number of carboxylic acids is 1. The molecule has 0 fully saturated rings. The van der Waals surface area contributed by atoms with Gasteiger partial charge in [-0.1, -0.05) is 44.2 Å². The molecule has 1 aromatic rings. The summed E-state index contributed by atoms with van der Waals surface area (Å²) < 4.78 is 0. The number of carboxylic acid groups (broad SMARTS) is 1. The van der Waals surface area contributed by atoms with Gasteiger partial charge in [-0.05, 0) is 11.5 Å². The van der Waals surface area contributed by atoms with Crippen molar-refractivity contribution in [2.75, 3.05) is 20.1 Å². The molecule has 110 valence electrons. The Hall–Kier alpha value is -2.04. The van der Waals surface area contributed by atoms with E-state index < -0.39 is 5.97 Å². The normalized spacial score (nSPS) is 10.4. The number of carbonyl (C=O) groups is 2. The van der Waals surface area contributed by atoms with Crippen LogP contribution in [0.1, 0.15) is 19.4 Å². The van der Waals surface area contributed by atoms with Gasteiger partial charge in [-0.2, -0.15) is 0 Å². The topological polar surface area (TPSA) is 60.9 Å². The van der Waals surface area contributed by atoms with Crippen molar-refractivity contribution in [1.29, 1.82) is 0 Å². The van der Waals surface area contributed by atoms with Gasteiger partial charge in [0.05, 0.1) is 0 Å². The number of nitrogens with zero attached hydrogens (tertiary/aromatic N) is 2. The summed E-state index contributed by atoms with van der Waals surface area (Å²) in [5.41, 5.74) is 1.02. The zero-order chi connectivity index (χ0) is 15.1. The summed E-state index contributed by atoms with van der Waals surface area (Å²) in [4.78, 5) is 26.1. The molecule has 0 spiro atoms. The highest BCUT2D eigenvalue weighted by atomic mass is 16.4. The number of amides is 2. The summed E-state index contributed by atoms with van der Waals surface area (Å²) in [6.45, 7) is 4.55. The molecule has 5 nitrogen and oxygen atoms in total. The van der Waals surface area contributed by atoms with Crippen molar-refractivity contribution < 1.29 is 14.7 Å². The molecule has 0 aliphatic rings. The van der Waals surface area contributed by atoms with Gasteiger partial charge in [-0.15, -0.1) is 0 Å². The quantitative estimate of drug-likeness (QED) is 0.868. The third-order valence-electron chi connectivity index (χ3n) is 2.77. The summed E-state index contributed by atoms with van der Waals surface area (Å²) in [7, 11) is 1.69. The van der Waals surface area contributed by atoms with Crippen LogP contribution in [0, 0.1) is 5.92 Å². The van der Waals surface area contributed by atoms with E-state index in [1.165, 1.54) is 4.90 Å². The Morgan fingerprint density at radius 2 is 1.80 bits per heavy atom. The lowest BCUT2D eigenvalue weighted by atomic mass is 10.2. The standard InChI is InChI=1S/C15H22N2O3/c1-12(2)9-17(11-14(18)19)15(20)16(3)10-13-7-5-4-6-8-13/h4-8,12H,9-11H2,1-3H3,(H,18,19). The SMILES string of the molecule is CC(C)CN(CC(=O)O)C(=O)N(C)Cc1ccccc1. The molecule has 0 unspecified atom stereocenters. The average molecular weight is 278 g/mol. The Bertz CT molecular complexity index is 446. The van der Waals surface area contributed by atoms with Crippen molar-refractivity contribution in [2.24, 2.45) is 5.92 Å². The highest BCUT2D eigenvalue weighted by molar-refractivity contribution is 5.80. The lowest BCUT2D eigenvalue weighted by Crippen LogP contribution is -2.45. The molecule has 0 aromatic heterocycles. The van der Waals surface area contributed by atoms with E-state index in [9.17, 15) is 9.59 Å². The first-order valence-electron chi connectivity index (χ1n) is 6.66. The average Bonchev–Trinajstić information content (AvgIpc) is 2.37.